The summed E-state index contributed by atoms with van der Waals surface area (Å²) in [5, 5.41) is 0.555. The maximum absolute atomic E-state index is 10.6. The van der Waals surface area contributed by atoms with Gasteiger partial charge in [-0.3, -0.25) is 0 Å². The molecule has 0 atom stereocenters. The molecule has 2 rings (SSSR count). The summed E-state index contributed by atoms with van der Waals surface area (Å²) in [7, 11) is -2.39. The highest BCUT2D eigenvalue weighted by molar-refractivity contribution is 9.10. The second-order valence-corrected chi connectivity index (χ2v) is 5.85. The van der Waals surface area contributed by atoms with E-state index in [2.05, 4.69) is 20.9 Å². The fraction of sp³-hybridized carbons (Fsp3) is 0.0833. The van der Waals surface area contributed by atoms with E-state index in [-0.39, 0.29) is 5.75 Å². The zero-order valence-electron chi connectivity index (χ0n) is 9.14. The summed E-state index contributed by atoms with van der Waals surface area (Å²) < 4.78 is 22.0. The standard InChI is InChI=1S/C12H9BrClNO2S/c13-12-11(5-10(14)6-15-12)9-3-1-8(2-4-9)7-18(16)17/h1-6,18H,7H2. The van der Waals surface area contributed by atoms with E-state index < -0.39 is 10.7 Å². The van der Waals surface area contributed by atoms with Crippen LogP contribution in [0.2, 0.25) is 5.02 Å². The van der Waals surface area contributed by atoms with E-state index in [1.165, 1.54) is 0 Å². The number of pyridine rings is 1. The largest absolute Gasteiger partial charge is 0.247 e. The molecule has 1 aromatic heterocycles. The van der Waals surface area contributed by atoms with Gasteiger partial charge in [-0.05, 0) is 33.1 Å². The van der Waals surface area contributed by atoms with Crippen LogP contribution in [0.4, 0.5) is 0 Å². The van der Waals surface area contributed by atoms with Crippen LogP contribution in [0, 0.1) is 0 Å². The first kappa shape index (κ1) is 13.5. The third-order valence-corrected chi connectivity index (χ3v) is 3.84. The molecule has 0 radical (unpaired) electrons. The van der Waals surface area contributed by atoms with Gasteiger partial charge in [0.15, 0.2) is 0 Å². The fourth-order valence-corrected chi connectivity index (χ4v) is 2.68. The fourth-order valence-electron chi connectivity index (χ4n) is 1.56. The first-order valence-electron chi connectivity index (χ1n) is 5.08. The molecule has 1 heterocycles. The Balaban J connectivity index is 2.37. The van der Waals surface area contributed by atoms with Crippen molar-refractivity contribution in [3.05, 3.63) is 51.7 Å². The van der Waals surface area contributed by atoms with Gasteiger partial charge in [-0.2, -0.15) is 0 Å². The number of benzene rings is 1. The minimum Gasteiger partial charge on any atom is -0.247 e. The van der Waals surface area contributed by atoms with E-state index in [0.29, 0.717) is 9.63 Å². The second-order valence-electron chi connectivity index (χ2n) is 3.68. The molecule has 2 aromatic rings. The Kier molecular flexibility index (Phi) is 4.37. The number of thiol groups is 1. The predicted octanol–water partition coefficient (Wildman–Crippen LogP) is 3.28. The molecule has 0 saturated heterocycles. The van der Waals surface area contributed by atoms with Gasteiger partial charge in [0.05, 0.1) is 10.8 Å². The molecular weight excluding hydrogens is 338 g/mol. The molecule has 18 heavy (non-hydrogen) atoms. The number of rotatable bonds is 3. The van der Waals surface area contributed by atoms with Crippen molar-refractivity contribution in [2.24, 2.45) is 0 Å². The van der Waals surface area contributed by atoms with Gasteiger partial charge in [0.1, 0.15) is 15.3 Å². The Hall–Kier alpha value is -0.910. The van der Waals surface area contributed by atoms with Crippen LogP contribution in [0.15, 0.2) is 41.1 Å². The smallest absolute Gasteiger partial charge is 0.144 e. The van der Waals surface area contributed by atoms with Gasteiger partial charge in [-0.25, -0.2) is 13.4 Å². The first-order valence-corrected chi connectivity index (χ1v) is 7.62. The highest BCUT2D eigenvalue weighted by atomic mass is 79.9. The minimum atomic E-state index is -2.39. The SMILES string of the molecule is O=[SH](=O)Cc1ccc(-c2cc(Cl)cnc2Br)cc1. The summed E-state index contributed by atoms with van der Waals surface area (Å²) in [4.78, 5) is 4.11. The van der Waals surface area contributed by atoms with E-state index in [1.807, 2.05) is 18.2 Å². The lowest BCUT2D eigenvalue weighted by molar-refractivity contribution is 0.614. The predicted molar refractivity (Wildman–Crippen MR) is 76.4 cm³/mol. The molecule has 94 valence electrons. The molecule has 0 amide bonds. The number of hydrogen-bond donors (Lipinski definition) is 1. The van der Waals surface area contributed by atoms with Gasteiger partial charge < -0.3 is 0 Å². The number of aromatic nitrogens is 1. The van der Waals surface area contributed by atoms with Crippen LogP contribution in [0.25, 0.3) is 11.1 Å². The topological polar surface area (TPSA) is 47.0 Å². The Labute approximate surface area is 120 Å². The van der Waals surface area contributed by atoms with E-state index in [1.54, 1.807) is 18.3 Å². The summed E-state index contributed by atoms with van der Waals surface area (Å²) in [5.41, 5.74) is 2.57. The summed E-state index contributed by atoms with van der Waals surface area (Å²) in [5.74, 6) is 0.0601. The molecule has 0 aliphatic heterocycles. The third kappa shape index (κ3) is 3.31. The second kappa shape index (κ2) is 5.82. The number of halogens is 2. The Bertz CT molecular complexity index is 633. The van der Waals surface area contributed by atoms with Crippen LogP contribution < -0.4 is 0 Å². The summed E-state index contributed by atoms with van der Waals surface area (Å²) >= 11 is 9.26. The molecule has 0 aliphatic carbocycles. The van der Waals surface area contributed by atoms with Crippen molar-refractivity contribution in [2.45, 2.75) is 5.75 Å². The molecule has 6 heteroatoms. The Morgan fingerprint density at radius 1 is 1.22 bits per heavy atom. The molecule has 0 bridgehead atoms. The Morgan fingerprint density at radius 2 is 1.89 bits per heavy atom. The van der Waals surface area contributed by atoms with Crippen molar-refractivity contribution in [3.8, 4) is 11.1 Å². The number of nitrogens with zero attached hydrogens (tertiary/aromatic N) is 1. The first-order chi connectivity index (χ1) is 8.56. The summed E-state index contributed by atoms with van der Waals surface area (Å²) in [6, 6.07) is 9.09. The zero-order valence-corrected chi connectivity index (χ0v) is 12.4. The maximum Gasteiger partial charge on any atom is 0.144 e. The van der Waals surface area contributed by atoms with Gasteiger partial charge in [0.2, 0.25) is 0 Å². The molecule has 0 unspecified atom stereocenters. The molecule has 0 fully saturated rings. The van der Waals surface area contributed by atoms with E-state index in [9.17, 15) is 8.42 Å². The van der Waals surface area contributed by atoms with E-state index in [4.69, 9.17) is 11.6 Å². The third-order valence-electron chi connectivity index (χ3n) is 2.38. The summed E-state index contributed by atoms with van der Waals surface area (Å²) in [6.07, 6.45) is 1.56. The minimum absolute atomic E-state index is 0.0601. The van der Waals surface area contributed by atoms with Crippen LogP contribution in [-0.2, 0) is 16.5 Å². The lowest BCUT2D eigenvalue weighted by Crippen LogP contribution is -1.88. The molecule has 0 spiro atoms. The lowest BCUT2D eigenvalue weighted by Gasteiger charge is -2.05. The van der Waals surface area contributed by atoms with Gasteiger partial charge in [0.25, 0.3) is 0 Å². The van der Waals surface area contributed by atoms with Crippen molar-refractivity contribution in [1.82, 2.24) is 4.98 Å². The van der Waals surface area contributed by atoms with Gasteiger partial charge in [0, 0.05) is 11.8 Å². The van der Waals surface area contributed by atoms with Crippen LogP contribution >= 0.6 is 27.5 Å². The van der Waals surface area contributed by atoms with Crippen molar-refractivity contribution < 1.29 is 8.42 Å². The van der Waals surface area contributed by atoms with Crippen molar-refractivity contribution in [3.63, 3.8) is 0 Å². The van der Waals surface area contributed by atoms with E-state index in [0.717, 1.165) is 16.7 Å². The van der Waals surface area contributed by atoms with Gasteiger partial charge >= 0.3 is 0 Å². The normalized spacial score (nSPS) is 10.8. The highest BCUT2D eigenvalue weighted by Crippen LogP contribution is 2.29. The molecule has 0 N–H and O–H groups in total. The Morgan fingerprint density at radius 3 is 2.50 bits per heavy atom. The van der Waals surface area contributed by atoms with Crippen molar-refractivity contribution >= 4 is 38.2 Å². The van der Waals surface area contributed by atoms with Crippen LogP contribution in [0.3, 0.4) is 0 Å². The quantitative estimate of drug-likeness (QED) is 0.685. The molecule has 1 aromatic carbocycles. The monoisotopic (exact) mass is 345 g/mol. The van der Waals surface area contributed by atoms with Crippen LogP contribution in [-0.4, -0.2) is 13.4 Å². The zero-order chi connectivity index (χ0) is 13.1. The average Bonchev–Trinajstić information content (AvgIpc) is 2.33. The molecule has 3 nitrogen and oxygen atoms in total. The van der Waals surface area contributed by atoms with Crippen LogP contribution in [0.5, 0.6) is 0 Å². The highest BCUT2D eigenvalue weighted by Gasteiger charge is 2.05. The number of hydrogen-bond acceptors (Lipinski definition) is 3. The van der Waals surface area contributed by atoms with Gasteiger partial charge in [-0.15, -0.1) is 0 Å². The summed E-state index contributed by atoms with van der Waals surface area (Å²) in [6.45, 7) is 0. The molecular formula is C12H9BrClNO2S. The van der Waals surface area contributed by atoms with Gasteiger partial charge in [-0.1, -0.05) is 35.9 Å². The molecule has 0 aliphatic rings. The van der Waals surface area contributed by atoms with Crippen LogP contribution in [0.1, 0.15) is 5.56 Å². The average molecular weight is 347 g/mol. The van der Waals surface area contributed by atoms with Crippen molar-refractivity contribution in [1.29, 1.82) is 0 Å². The van der Waals surface area contributed by atoms with E-state index >= 15 is 0 Å². The van der Waals surface area contributed by atoms with Crippen molar-refractivity contribution in [2.75, 3.05) is 0 Å². The molecule has 0 saturated carbocycles. The lowest BCUT2D eigenvalue weighted by atomic mass is 10.1. The maximum atomic E-state index is 10.6.